The van der Waals surface area contributed by atoms with E-state index in [0.29, 0.717) is 11.1 Å². The average molecular weight is 269 g/mol. The first-order chi connectivity index (χ1) is 9.25. The van der Waals surface area contributed by atoms with Crippen LogP contribution >= 0.6 is 11.9 Å². The summed E-state index contributed by atoms with van der Waals surface area (Å²) in [6.45, 7) is 0. The minimum absolute atomic E-state index is 0.307. The zero-order valence-corrected chi connectivity index (χ0v) is 10.8. The Morgan fingerprint density at radius 3 is 2.63 bits per heavy atom. The highest BCUT2D eigenvalue weighted by molar-refractivity contribution is 7.97. The van der Waals surface area contributed by atoms with E-state index in [2.05, 4.69) is 4.72 Å². The van der Waals surface area contributed by atoms with Crippen LogP contribution in [0.5, 0.6) is 0 Å². The number of hydrogen-bond donors (Lipinski definition) is 2. The number of carbonyl (C=O) groups is 1. The maximum absolute atomic E-state index is 11.2. The predicted octanol–water partition coefficient (Wildman–Crippen LogP) is 3.49. The van der Waals surface area contributed by atoms with Crippen molar-refractivity contribution in [3.63, 3.8) is 0 Å². The fraction of sp³-hybridized carbons (Fsp3) is 0. The molecule has 19 heavy (non-hydrogen) atoms. The molecule has 1 aliphatic rings. The van der Waals surface area contributed by atoms with E-state index in [-0.39, 0.29) is 0 Å². The van der Waals surface area contributed by atoms with Gasteiger partial charge in [0.1, 0.15) is 0 Å². The smallest absolute Gasteiger partial charge is 0.336 e. The molecule has 3 rings (SSSR count). The van der Waals surface area contributed by atoms with Gasteiger partial charge in [0.05, 0.1) is 11.3 Å². The number of hydrogen-bond acceptors (Lipinski definition) is 3. The van der Waals surface area contributed by atoms with Gasteiger partial charge in [0.25, 0.3) is 0 Å². The first-order valence-electron chi connectivity index (χ1n) is 5.82. The molecule has 2 aromatic carbocycles. The van der Waals surface area contributed by atoms with Crippen molar-refractivity contribution in [2.75, 3.05) is 0 Å². The van der Waals surface area contributed by atoms with Gasteiger partial charge in [-0.25, -0.2) is 4.79 Å². The van der Waals surface area contributed by atoms with E-state index in [1.807, 2.05) is 42.5 Å². The second-order valence-corrected chi connectivity index (χ2v) is 5.00. The monoisotopic (exact) mass is 269 g/mol. The summed E-state index contributed by atoms with van der Waals surface area (Å²) < 4.78 is 3.20. The van der Waals surface area contributed by atoms with Gasteiger partial charge >= 0.3 is 5.97 Å². The Kier molecular flexibility index (Phi) is 3.01. The van der Waals surface area contributed by atoms with Gasteiger partial charge < -0.3 is 9.83 Å². The lowest BCUT2D eigenvalue weighted by molar-refractivity contribution is 0.0696. The summed E-state index contributed by atoms with van der Waals surface area (Å²) in [7, 11) is 0. The van der Waals surface area contributed by atoms with E-state index in [9.17, 15) is 9.90 Å². The number of fused-ring (bicyclic) bond motifs is 1. The quantitative estimate of drug-likeness (QED) is 0.819. The first kappa shape index (κ1) is 11.9. The molecule has 0 radical (unpaired) electrons. The Labute approximate surface area is 115 Å². The molecule has 4 heteroatoms. The molecule has 0 unspecified atom stereocenters. The van der Waals surface area contributed by atoms with Crippen molar-refractivity contribution in [1.82, 2.24) is 4.72 Å². The van der Waals surface area contributed by atoms with Gasteiger partial charge in [-0.2, -0.15) is 0 Å². The summed E-state index contributed by atoms with van der Waals surface area (Å²) >= 11 is 1.50. The molecular weight excluding hydrogens is 258 g/mol. The van der Waals surface area contributed by atoms with Crippen LogP contribution in [0.4, 0.5) is 0 Å². The second kappa shape index (κ2) is 4.82. The van der Waals surface area contributed by atoms with Crippen LogP contribution in [0.3, 0.4) is 0 Å². The summed E-state index contributed by atoms with van der Waals surface area (Å²) in [5, 5.41) is 9.23. The number of rotatable bonds is 2. The highest BCUT2D eigenvalue weighted by Crippen LogP contribution is 2.32. The van der Waals surface area contributed by atoms with Gasteiger partial charge in [-0.3, -0.25) is 0 Å². The molecule has 3 nitrogen and oxygen atoms in total. The molecule has 2 N–H and O–H groups in total. The molecule has 1 aliphatic heterocycles. The number of nitrogens with one attached hydrogen (secondary N) is 1. The van der Waals surface area contributed by atoms with Gasteiger partial charge in [0, 0.05) is 10.5 Å². The Bertz CT molecular complexity index is 679. The average Bonchev–Trinajstić information content (AvgIpc) is 2.46. The molecule has 0 saturated carbocycles. The Balaban J connectivity index is 2.10. The fourth-order valence-corrected chi connectivity index (χ4v) is 2.81. The SMILES string of the molecule is O=C(O)c1ccccc1C1=Cc2ccccc2SN1. The van der Waals surface area contributed by atoms with Crippen LogP contribution in [0.2, 0.25) is 0 Å². The molecule has 0 fully saturated rings. The van der Waals surface area contributed by atoms with E-state index >= 15 is 0 Å². The van der Waals surface area contributed by atoms with E-state index in [1.54, 1.807) is 12.1 Å². The Hall–Kier alpha value is -2.20. The van der Waals surface area contributed by atoms with Gasteiger partial charge in [-0.1, -0.05) is 36.4 Å². The maximum Gasteiger partial charge on any atom is 0.336 e. The van der Waals surface area contributed by atoms with Gasteiger partial charge in [0.2, 0.25) is 0 Å². The zero-order valence-electron chi connectivity index (χ0n) is 9.96. The van der Waals surface area contributed by atoms with E-state index in [1.165, 1.54) is 11.9 Å². The van der Waals surface area contributed by atoms with Crippen LogP contribution < -0.4 is 4.72 Å². The molecule has 0 aromatic heterocycles. The van der Waals surface area contributed by atoms with Gasteiger partial charge in [-0.15, -0.1) is 0 Å². The number of aromatic carboxylic acids is 1. The third kappa shape index (κ3) is 2.22. The highest BCUT2D eigenvalue weighted by atomic mass is 32.2. The standard InChI is InChI=1S/C15H11NO2S/c17-15(18)12-7-3-2-6-11(12)13-9-10-5-1-4-8-14(10)19-16-13/h1-9,16H,(H,17,18). The molecule has 0 amide bonds. The molecule has 0 atom stereocenters. The van der Waals surface area contributed by atoms with Crippen LogP contribution in [0.25, 0.3) is 11.8 Å². The molecule has 0 spiro atoms. The van der Waals surface area contributed by atoms with Crippen molar-refractivity contribution in [2.45, 2.75) is 4.90 Å². The van der Waals surface area contributed by atoms with Crippen LogP contribution in [-0.2, 0) is 0 Å². The number of carboxylic acid groups (broad SMARTS) is 1. The van der Waals surface area contributed by atoms with E-state index in [0.717, 1.165) is 16.2 Å². The molecular formula is C15H11NO2S. The Morgan fingerprint density at radius 1 is 1.05 bits per heavy atom. The summed E-state index contributed by atoms with van der Waals surface area (Å²) in [5.41, 5.74) is 2.93. The normalized spacial score (nSPS) is 13.2. The third-order valence-corrected chi connectivity index (χ3v) is 3.85. The van der Waals surface area contributed by atoms with Crippen LogP contribution in [0, 0.1) is 0 Å². The van der Waals surface area contributed by atoms with Crippen molar-refractivity contribution in [1.29, 1.82) is 0 Å². The number of carboxylic acids is 1. The van der Waals surface area contributed by atoms with Crippen molar-refractivity contribution < 1.29 is 9.90 Å². The summed E-state index contributed by atoms with van der Waals surface area (Å²) in [4.78, 5) is 12.4. The fourth-order valence-electron chi connectivity index (χ4n) is 2.02. The molecule has 0 bridgehead atoms. The van der Waals surface area contributed by atoms with E-state index < -0.39 is 5.97 Å². The van der Waals surface area contributed by atoms with Crippen LogP contribution in [0.1, 0.15) is 21.5 Å². The number of benzene rings is 2. The van der Waals surface area contributed by atoms with Gasteiger partial charge in [0.15, 0.2) is 0 Å². The van der Waals surface area contributed by atoms with Crippen molar-refractivity contribution >= 4 is 29.7 Å². The summed E-state index contributed by atoms with van der Waals surface area (Å²) in [5.74, 6) is -0.915. The topological polar surface area (TPSA) is 49.3 Å². The summed E-state index contributed by atoms with van der Waals surface area (Å²) in [6, 6.07) is 15.0. The molecule has 94 valence electrons. The lowest BCUT2D eigenvalue weighted by Crippen LogP contribution is -2.11. The zero-order chi connectivity index (χ0) is 13.2. The predicted molar refractivity (Wildman–Crippen MR) is 76.7 cm³/mol. The maximum atomic E-state index is 11.2. The first-order valence-corrected chi connectivity index (χ1v) is 6.63. The summed E-state index contributed by atoms with van der Waals surface area (Å²) in [6.07, 6.45) is 1.98. The van der Waals surface area contributed by atoms with Crippen molar-refractivity contribution in [3.05, 3.63) is 65.2 Å². The highest BCUT2D eigenvalue weighted by Gasteiger charge is 2.16. The molecule has 0 aliphatic carbocycles. The van der Waals surface area contributed by atoms with Crippen LogP contribution in [-0.4, -0.2) is 11.1 Å². The van der Waals surface area contributed by atoms with Crippen LogP contribution in [0.15, 0.2) is 53.4 Å². The minimum atomic E-state index is -0.915. The van der Waals surface area contributed by atoms with Crippen molar-refractivity contribution in [2.24, 2.45) is 0 Å². The van der Waals surface area contributed by atoms with Gasteiger partial charge in [-0.05, 0) is 35.7 Å². The van der Waals surface area contributed by atoms with Crippen molar-refractivity contribution in [3.8, 4) is 0 Å². The lowest BCUT2D eigenvalue weighted by Gasteiger charge is -2.18. The third-order valence-electron chi connectivity index (χ3n) is 2.94. The largest absolute Gasteiger partial charge is 0.478 e. The molecule has 0 saturated heterocycles. The second-order valence-electron chi connectivity index (χ2n) is 4.15. The Morgan fingerprint density at radius 2 is 1.79 bits per heavy atom. The molecule has 1 heterocycles. The van der Waals surface area contributed by atoms with E-state index in [4.69, 9.17) is 0 Å². The lowest BCUT2D eigenvalue weighted by atomic mass is 10.0. The molecule has 2 aromatic rings. The minimum Gasteiger partial charge on any atom is -0.478 e.